The lowest BCUT2D eigenvalue weighted by molar-refractivity contribution is 0.253. The molecule has 4 nitrogen and oxygen atoms in total. The zero-order valence-corrected chi connectivity index (χ0v) is 11.5. The maximum absolute atomic E-state index is 12.9. The topological polar surface area (TPSA) is 57.6 Å². The number of hydrogen-bond donors (Lipinski definition) is 1. The van der Waals surface area contributed by atoms with Crippen LogP contribution in [0.15, 0.2) is 23.1 Å². The van der Waals surface area contributed by atoms with Gasteiger partial charge in [0.05, 0.1) is 11.6 Å². The molecule has 18 heavy (non-hydrogen) atoms. The standard InChI is InChI=1S/C11H15ClFNO3S/c1-2-5-14(6-7-15)18(16,17)11-4-3-9(13)8-10(11)12/h3-4,8,15H,2,5-7H2,1H3. The predicted octanol–water partition coefficient (Wildman–Crippen LogP) is 1.87. The Bertz CT molecular complexity index is 501. The minimum atomic E-state index is -3.80. The highest BCUT2D eigenvalue weighted by Crippen LogP contribution is 2.25. The first-order valence-corrected chi connectivity index (χ1v) is 7.31. The Labute approximate surface area is 111 Å². The van der Waals surface area contributed by atoms with Crippen molar-refractivity contribution in [3.05, 3.63) is 29.0 Å². The average molecular weight is 296 g/mol. The van der Waals surface area contributed by atoms with E-state index < -0.39 is 15.8 Å². The van der Waals surface area contributed by atoms with Crippen molar-refractivity contribution in [3.8, 4) is 0 Å². The molecular formula is C11H15ClFNO3S. The largest absolute Gasteiger partial charge is 0.395 e. The summed E-state index contributed by atoms with van der Waals surface area (Å²) in [6.07, 6.45) is 0.609. The van der Waals surface area contributed by atoms with Crippen molar-refractivity contribution in [3.63, 3.8) is 0 Å². The molecule has 0 aliphatic heterocycles. The molecular weight excluding hydrogens is 281 g/mol. The molecule has 0 spiro atoms. The second-order valence-electron chi connectivity index (χ2n) is 3.70. The lowest BCUT2D eigenvalue weighted by Crippen LogP contribution is -2.34. The SMILES string of the molecule is CCCN(CCO)S(=O)(=O)c1ccc(F)cc1Cl. The van der Waals surface area contributed by atoms with Gasteiger partial charge in [-0.25, -0.2) is 12.8 Å². The normalized spacial score (nSPS) is 12.1. The van der Waals surface area contributed by atoms with Gasteiger partial charge in [0.1, 0.15) is 10.7 Å². The minimum absolute atomic E-state index is 0.0100. The molecule has 0 amide bonds. The second-order valence-corrected chi connectivity index (χ2v) is 6.02. The summed E-state index contributed by atoms with van der Waals surface area (Å²) in [6, 6.07) is 3.13. The van der Waals surface area contributed by atoms with Crippen LogP contribution in [-0.2, 0) is 10.0 Å². The molecule has 7 heteroatoms. The van der Waals surface area contributed by atoms with Crippen molar-refractivity contribution < 1.29 is 17.9 Å². The number of rotatable bonds is 6. The van der Waals surface area contributed by atoms with Crippen LogP contribution in [0.4, 0.5) is 4.39 Å². The fourth-order valence-electron chi connectivity index (χ4n) is 1.54. The van der Waals surface area contributed by atoms with Crippen LogP contribution in [0.1, 0.15) is 13.3 Å². The second kappa shape index (κ2) is 6.47. The van der Waals surface area contributed by atoms with E-state index in [1.54, 1.807) is 0 Å². The van der Waals surface area contributed by atoms with Crippen molar-refractivity contribution >= 4 is 21.6 Å². The Hall–Kier alpha value is -0.690. The van der Waals surface area contributed by atoms with Crippen molar-refractivity contribution in [1.82, 2.24) is 4.31 Å². The van der Waals surface area contributed by atoms with Gasteiger partial charge >= 0.3 is 0 Å². The van der Waals surface area contributed by atoms with E-state index in [-0.39, 0.29) is 29.6 Å². The van der Waals surface area contributed by atoms with Gasteiger partial charge in [-0.1, -0.05) is 18.5 Å². The van der Waals surface area contributed by atoms with Crippen LogP contribution in [0.2, 0.25) is 5.02 Å². The van der Waals surface area contributed by atoms with Gasteiger partial charge in [-0.15, -0.1) is 0 Å². The van der Waals surface area contributed by atoms with E-state index >= 15 is 0 Å². The smallest absolute Gasteiger partial charge is 0.244 e. The number of nitrogens with zero attached hydrogens (tertiary/aromatic N) is 1. The average Bonchev–Trinajstić information content (AvgIpc) is 2.28. The number of halogens is 2. The number of hydrogen-bond acceptors (Lipinski definition) is 3. The van der Waals surface area contributed by atoms with Gasteiger partial charge < -0.3 is 5.11 Å². The molecule has 1 aromatic carbocycles. The van der Waals surface area contributed by atoms with Crippen LogP contribution in [0.25, 0.3) is 0 Å². The lowest BCUT2D eigenvalue weighted by Gasteiger charge is -2.21. The van der Waals surface area contributed by atoms with Crippen LogP contribution in [0, 0.1) is 5.82 Å². The van der Waals surface area contributed by atoms with E-state index in [1.807, 2.05) is 6.92 Å². The third-order valence-electron chi connectivity index (χ3n) is 2.33. The lowest BCUT2D eigenvalue weighted by atomic mass is 10.3. The summed E-state index contributed by atoms with van der Waals surface area (Å²) < 4.78 is 38.5. The van der Waals surface area contributed by atoms with E-state index in [9.17, 15) is 12.8 Å². The van der Waals surface area contributed by atoms with Gasteiger partial charge in [-0.3, -0.25) is 0 Å². The monoisotopic (exact) mass is 295 g/mol. The summed E-state index contributed by atoms with van der Waals surface area (Å²) in [5.41, 5.74) is 0. The Morgan fingerprint density at radius 2 is 2.06 bits per heavy atom. The summed E-state index contributed by atoms with van der Waals surface area (Å²) >= 11 is 5.75. The molecule has 0 fully saturated rings. The highest BCUT2D eigenvalue weighted by atomic mass is 35.5. The van der Waals surface area contributed by atoms with Gasteiger partial charge in [0.25, 0.3) is 0 Å². The molecule has 1 aromatic rings. The Kier molecular flexibility index (Phi) is 5.52. The van der Waals surface area contributed by atoms with Crippen LogP contribution < -0.4 is 0 Å². The number of benzene rings is 1. The quantitative estimate of drug-likeness (QED) is 0.872. The summed E-state index contributed by atoms with van der Waals surface area (Å²) in [4.78, 5) is -0.146. The van der Waals surface area contributed by atoms with Crippen molar-refractivity contribution in [2.24, 2.45) is 0 Å². The van der Waals surface area contributed by atoms with Gasteiger partial charge in [-0.05, 0) is 24.6 Å². The first kappa shape index (κ1) is 15.4. The van der Waals surface area contributed by atoms with Crippen LogP contribution >= 0.6 is 11.6 Å². The van der Waals surface area contributed by atoms with E-state index in [1.165, 1.54) is 0 Å². The first-order chi connectivity index (χ1) is 8.43. The minimum Gasteiger partial charge on any atom is -0.395 e. The zero-order chi connectivity index (χ0) is 13.8. The third-order valence-corrected chi connectivity index (χ3v) is 4.72. The molecule has 0 radical (unpaired) electrons. The van der Waals surface area contributed by atoms with Crippen LogP contribution in [-0.4, -0.2) is 37.5 Å². The number of sulfonamides is 1. The first-order valence-electron chi connectivity index (χ1n) is 5.49. The van der Waals surface area contributed by atoms with Gasteiger partial charge in [-0.2, -0.15) is 4.31 Å². The van der Waals surface area contributed by atoms with E-state index in [2.05, 4.69) is 0 Å². The molecule has 0 saturated heterocycles. The third kappa shape index (κ3) is 3.41. The highest BCUT2D eigenvalue weighted by Gasteiger charge is 2.25. The van der Waals surface area contributed by atoms with Gasteiger partial charge in [0, 0.05) is 13.1 Å². The fraction of sp³-hybridized carbons (Fsp3) is 0.455. The molecule has 0 saturated carbocycles. The van der Waals surface area contributed by atoms with E-state index in [4.69, 9.17) is 16.7 Å². The molecule has 0 aromatic heterocycles. The number of aliphatic hydroxyl groups is 1. The zero-order valence-electron chi connectivity index (χ0n) is 9.94. The molecule has 0 aliphatic rings. The Morgan fingerprint density at radius 1 is 1.39 bits per heavy atom. The molecule has 0 bridgehead atoms. The van der Waals surface area contributed by atoms with Crippen molar-refractivity contribution in [2.45, 2.75) is 18.2 Å². The van der Waals surface area contributed by atoms with Crippen molar-refractivity contribution in [1.29, 1.82) is 0 Å². The van der Waals surface area contributed by atoms with E-state index in [0.29, 0.717) is 6.42 Å². The molecule has 0 aliphatic carbocycles. The van der Waals surface area contributed by atoms with Gasteiger partial charge in [0.2, 0.25) is 10.0 Å². The molecule has 0 unspecified atom stereocenters. The molecule has 0 atom stereocenters. The van der Waals surface area contributed by atoms with Crippen LogP contribution in [0.3, 0.4) is 0 Å². The summed E-state index contributed by atoms with van der Waals surface area (Å²) in [6.45, 7) is 1.81. The Balaban J connectivity index is 3.17. The maximum Gasteiger partial charge on any atom is 0.244 e. The molecule has 102 valence electrons. The molecule has 1 N–H and O–H groups in total. The summed E-state index contributed by atoms with van der Waals surface area (Å²) in [7, 11) is -3.80. The fourth-order valence-corrected chi connectivity index (χ4v) is 3.56. The summed E-state index contributed by atoms with van der Waals surface area (Å²) in [5, 5.41) is 8.73. The summed E-state index contributed by atoms with van der Waals surface area (Å²) in [5.74, 6) is -0.594. The van der Waals surface area contributed by atoms with E-state index in [0.717, 1.165) is 22.5 Å². The molecule has 0 heterocycles. The van der Waals surface area contributed by atoms with Crippen molar-refractivity contribution in [2.75, 3.05) is 19.7 Å². The van der Waals surface area contributed by atoms with Crippen LogP contribution in [0.5, 0.6) is 0 Å². The maximum atomic E-state index is 12.9. The predicted molar refractivity (Wildman–Crippen MR) is 67.5 cm³/mol. The molecule has 1 rings (SSSR count). The van der Waals surface area contributed by atoms with Gasteiger partial charge in [0.15, 0.2) is 0 Å². The highest BCUT2D eigenvalue weighted by molar-refractivity contribution is 7.89. The number of aliphatic hydroxyl groups excluding tert-OH is 1. The Morgan fingerprint density at radius 3 is 2.56 bits per heavy atom.